The molecule has 1 aromatic rings. The molecule has 0 aromatic heterocycles. The van der Waals surface area contributed by atoms with Crippen molar-refractivity contribution < 1.29 is 14.7 Å². The van der Waals surface area contributed by atoms with Crippen molar-refractivity contribution >= 4 is 11.6 Å². The van der Waals surface area contributed by atoms with Gasteiger partial charge in [0.15, 0.2) is 11.6 Å². The molecule has 0 aliphatic rings. The number of nitrogens with one attached hydrogen (secondary N) is 1. The molecule has 1 aromatic carbocycles. The van der Waals surface area contributed by atoms with Crippen molar-refractivity contribution in [3.8, 4) is 5.75 Å². The van der Waals surface area contributed by atoms with E-state index in [2.05, 4.69) is 5.32 Å². The quantitative estimate of drug-likeness (QED) is 0.782. The Bertz CT molecular complexity index is 474. The molecular weight excluding hydrogens is 230 g/mol. The molecule has 0 heterocycles. The van der Waals surface area contributed by atoms with Gasteiger partial charge in [-0.1, -0.05) is 12.1 Å². The molecule has 4 nitrogen and oxygen atoms in total. The monoisotopic (exact) mass is 247 g/mol. The summed E-state index contributed by atoms with van der Waals surface area (Å²) in [6, 6.07) is 5.89. The minimum atomic E-state index is -0.513. The zero-order chi connectivity index (χ0) is 13.7. The summed E-state index contributed by atoms with van der Waals surface area (Å²) in [7, 11) is 0. The van der Waals surface area contributed by atoms with Crippen molar-refractivity contribution in [2.24, 2.45) is 0 Å². The number of Topliss-reactive ketones (excluding diaryl/α,β-unsaturated/α-hetero) is 1. The molecule has 1 rings (SSSR count). The zero-order valence-corrected chi connectivity index (χ0v) is 10.7. The average Bonchev–Trinajstić information content (AvgIpc) is 2.26. The van der Waals surface area contributed by atoms with Crippen LogP contribution in [0, 0.1) is 0 Å². The lowest BCUT2D eigenvalue weighted by Gasteiger charge is -2.18. The van der Waals surface area contributed by atoms with Crippen molar-refractivity contribution in [1.29, 1.82) is 0 Å². The number of hydrogen-bond donors (Lipinski definition) is 2. The van der Waals surface area contributed by atoms with Crippen LogP contribution >= 0.6 is 0 Å². The van der Waals surface area contributed by atoms with Crippen molar-refractivity contribution in [2.75, 3.05) is 0 Å². The number of rotatable bonds is 5. The summed E-state index contributed by atoms with van der Waals surface area (Å²) < 4.78 is 0. The van der Waals surface area contributed by atoms with E-state index in [4.69, 9.17) is 0 Å². The highest BCUT2D eigenvalue weighted by Crippen LogP contribution is 2.18. The highest BCUT2D eigenvalue weighted by atomic mass is 16.3. The predicted octanol–water partition coefficient (Wildman–Crippen LogP) is 2.10. The molecule has 96 valence electrons. The molecule has 0 aliphatic carbocycles. The van der Waals surface area contributed by atoms with E-state index >= 15 is 0 Å². The summed E-state index contributed by atoms with van der Waals surface area (Å²) in [5.41, 5.74) is 1.38. The molecule has 18 heavy (non-hydrogen) atoms. The maximum absolute atomic E-state index is 11.6. The van der Waals surface area contributed by atoms with E-state index in [0.717, 1.165) is 5.56 Å². The molecule has 0 saturated heterocycles. The molecule has 0 bridgehead atoms. The van der Waals surface area contributed by atoms with Crippen LogP contribution in [0.2, 0.25) is 0 Å². The van der Waals surface area contributed by atoms with E-state index in [-0.39, 0.29) is 17.3 Å². The van der Waals surface area contributed by atoms with Crippen molar-refractivity contribution in [1.82, 2.24) is 5.32 Å². The second kappa shape index (κ2) is 6.00. The van der Waals surface area contributed by atoms with Crippen LogP contribution in [0.3, 0.4) is 0 Å². The van der Waals surface area contributed by atoms with E-state index in [1.807, 2.05) is 0 Å². The minimum Gasteiger partial charge on any atom is -0.508 e. The van der Waals surface area contributed by atoms with Gasteiger partial charge in [-0.3, -0.25) is 9.59 Å². The van der Waals surface area contributed by atoms with E-state index in [1.165, 1.54) is 32.1 Å². The highest BCUT2D eigenvalue weighted by Gasteiger charge is 2.16. The molecule has 0 spiro atoms. The normalized spacial score (nSPS) is 12.9. The Balaban J connectivity index is 2.94. The molecule has 0 saturated carbocycles. The van der Waals surface area contributed by atoms with Crippen LogP contribution in [0.15, 0.2) is 36.0 Å². The molecule has 4 heteroatoms. The first-order valence-electron chi connectivity index (χ1n) is 5.65. The first kappa shape index (κ1) is 14.0. The number of phenolic OH excluding ortho intramolecular Hbond substituents is 1. The van der Waals surface area contributed by atoms with Gasteiger partial charge in [0.2, 0.25) is 0 Å². The standard InChI is InChI=1S/C14H17NO3/c1-9(8-10(2)16)15-14(11(3)17)12-4-6-13(18)7-5-12/h4-8,14-15,18H,1-3H3/b9-8+. The fraction of sp³-hybridized carbons (Fsp3) is 0.286. The minimum absolute atomic E-state index is 0.0583. The second-order valence-corrected chi connectivity index (χ2v) is 4.22. The number of benzene rings is 1. The van der Waals surface area contributed by atoms with E-state index in [0.29, 0.717) is 5.70 Å². The molecule has 2 N–H and O–H groups in total. The summed E-state index contributed by atoms with van der Waals surface area (Å²) >= 11 is 0. The smallest absolute Gasteiger partial charge is 0.156 e. The van der Waals surface area contributed by atoms with E-state index < -0.39 is 6.04 Å². The van der Waals surface area contributed by atoms with Gasteiger partial charge in [0.1, 0.15) is 11.8 Å². The Kier molecular flexibility index (Phi) is 4.66. The lowest BCUT2D eigenvalue weighted by Crippen LogP contribution is -2.26. The van der Waals surface area contributed by atoms with Gasteiger partial charge >= 0.3 is 0 Å². The van der Waals surface area contributed by atoms with Crippen LogP contribution in [0.1, 0.15) is 32.4 Å². The maximum Gasteiger partial charge on any atom is 0.156 e. The van der Waals surface area contributed by atoms with Crippen LogP contribution in [0.5, 0.6) is 5.75 Å². The Hall–Kier alpha value is -2.10. The first-order chi connectivity index (χ1) is 8.40. The van der Waals surface area contributed by atoms with Crippen LogP contribution in [0.25, 0.3) is 0 Å². The number of carbonyl (C=O) groups is 2. The molecular formula is C14H17NO3. The summed E-state index contributed by atoms with van der Waals surface area (Å²) in [6.07, 6.45) is 1.44. The number of carbonyl (C=O) groups excluding carboxylic acids is 2. The SMILES string of the molecule is CC(=O)/C=C(\C)NC(C(C)=O)c1ccc(O)cc1. The summed E-state index contributed by atoms with van der Waals surface area (Å²) in [5, 5.41) is 12.2. The lowest BCUT2D eigenvalue weighted by molar-refractivity contribution is -0.119. The average molecular weight is 247 g/mol. The predicted molar refractivity (Wildman–Crippen MR) is 69.1 cm³/mol. The number of allylic oxidation sites excluding steroid dienone is 2. The molecule has 0 amide bonds. The van der Waals surface area contributed by atoms with Crippen molar-refractivity contribution in [2.45, 2.75) is 26.8 Å². The van der Waals surface area contributed by atoms with Gasteiger partial charge in [-0.2, -0.15) is 0 Å². The summed E-state index contributed by atoms with van der Waals surface area (Å²) in [6.45, 7) is 4.66. The topological polar surface area (TPSA) is 66.4 Å². The van der Waals surface area contributed by atoms with Gasteiger partial charge in [-0.25, -0.2) is 0 Å². The largest absolute Gasteiger partial charge is 0.508 e. The zero-order valence-electron chi connectivity index (χ0n) is 10.7. The van der Waals surface area contributed by atoms with Crippen LogP contribution in [0.4, 0.5) is 0 Å². The fourth-order valence-corrected chi connectivity index (χ4v) is 1.66. The molecule has 0 radical (unpaired) electrons. The fourth-order valence-electron chi connectivity index (χ4n) is 1.66. The molecule has 1 unspecified atom stereocenters. The third kappa shape index (κ3) is 4.05. The van der Waals surface area contributed by atoms with Gasteiger partial charge in [0, 0.05) is 5.70 Å². The first-order valence-corrected chi connectivity index (χ1v) is 5.65. The van der Waals surface area contributed by atoms with Crippen LogP contribution in [-0.2, 0) is 9.59 Å². The molecule has 0 aliphatic heterocycles. The summed E-state index contributed by atoms with van der Waals surface area (Å²) in [5.74, 6) is 0.0158. The van der Waals surface area contributed by atoms with Gasteiger partial charge in [0.25, 0.3) is 0 Å². The Morgan fingerprint density at radius 1 is 1.17 bits per heavy atom. The van der Waals surface area contributed by atoms with Crippen LogP contribution < -0.4 is 5.32 Å². The van der Waals surface area contributed by atoms with Gasteiger partial charge in [0.05, 0.1) is 0 Å². The molecule has 1 atom stereocenters. The van der Waals surface area contributed by atoms with Gasteiger partial charge in [-0.15, -0.1) is 0 Å². The highest BCUT2D eigenvalue weighted by molar-refractivity contribution is 5.88. The summed E-state index contributed by atoms with van der Waals surface area (Å²) in [4.78, 5) is 22.6. The van der Waals surface area contributed by atoms with Gasteiger partial charge in [-0.05, 0) is 44.5 Å². The van der Waals surface area contributed by atoms with Crippen LogP contribution in [-0.4, -0.2) is 16.7 Å². The Morgan fingerprint density at radius 3 is 2.17 bits per heavy atom. The van der Waals surface area contributed by atoms with Gasteiger partial charge < -0.3 is 10.4 Å². The number of ketones is 2. The van der Waals surface area contributed by atoms with Crippen molar-refractivity contribution in [3.05, 3.63) is 41.6 Å². The third-order valence-electron chi connectivity index (χ3n) is 2.42. The van der Waals surface area contributed by atoms with Crippen molar-refractivity contribution in [3.63, 3.8) is 0 Å². The molecule has 0 fully saturated rings. The van der Waals surface area contributed by atoms with E-state index in [9.17, 15) is 14.7 Å². The Labute approximate surface area is 106 Å². The maximum atomic E-state index is 11.6. The number of hydrogen-bond acceptors (Lipinski definition) is 4. The Morgan fingerprint density at radius 2 is 1.72 bits per heavy atom. The third-order valence-corrected chi connectivity index (χ3v) is 2.42. The van der Waals surface area contributed by atoms with E-state index in [1.54, 1.807) is 19.1 Å². The number of aromatic hydroxyl groups is 1. The second-order valence-electron chi connectivity index (χ2n) is 4.22. The lowest BCUT2D eigenvalue weighted by atomic mass is 10.0. The number of phenols is 1.